The Balaban J connectivity index is 2.29. The van der Waals surface area contributed by atoms with Gasteiger partial charge in [-0.1, -0.05) is 6.07 Å². The van der Waals surface area contributed by atoms with Gasteiger partial charge in [0.2, 0.25) is 0 Å². The van der Waals surface area contributed by atoms with Crippen molar-refractivity contribution in [1.82, 2.24) is 10.2 Å². The molecule has 16 heavy (non-hydrogen) atoms. The van der Waals surface area contributed by atoms with Gasteiger partial charge in [0.05, 0.1) is 6.61 Å². The third-order valence-electron chi connectivity index (χ3n) is 3.06. The number of fused-ring (bicyclic) bond motifs is 1. The number of likely N-dealkylation sites (N-methyl/N-ethyl adjacent to an activating group) is 1. The van der Waals surface area contributed by atoms with E-state index in [2.05, 4.69) is 42.5 Å². The number of rotatable bonds is 3. The Morgan fingerprint density at radius 2 is 2.25 bits per heavy atom. The average Bonchev–Trinajstić information content (AvgIpc) is 2.28. The SMILES string of the molecule is CCOc1ccc2c(c1)CNC[C@@H]2N(C)C. The minimum Gasteiger partial charge on any atom is -0.494 e. The van der Waals surface area contributed by atoms with E-state index in [-0.39, 0.29) is 0 Å². The fourth-order valence-corrected chi connectivity index (χ4v) is 2.23. The van der Waals surface area contributed by atoms with Crippen molar-refractivity contribution >= 4 is 0 Å². The topological polar surface area (TPSA) is 24.5 Å². The normalized spacial score (nSPS) is 19.6. The summed E-state index contributed by atoms with van der Waals surface area (Å²) in [6.45, 7) is 4.71. The van der Waals surface area contributed by atoms with Crippen LogP contribution in [0.25, 0.3) is 0 Å². The number of ether oxygens (including phenoxy) is 1. The molecule has 1 aliphatic heterocycles. The molecule has 3 heteroatoms. The van der Waals surface area contributed by atoms with Crippen molar-refractivity contribution < 1.29 is 4.74 Å². The standard InChI is InChI=1S/C13H20N2O/c1-4-16-11-5-6-12-10(7-11)8-14-9-13(12)15(2)3/h5-7,13-14H,4,8-9H2,1-3H3/t13-/m0/s1. The van der Waals surface area contributed by atoms with Gasteiger partial charge in [-0.15, -0.1) is 0 Å². The van der Waals surface area contributed by atoms with E-state index in [1.807, 2.05) is 6.92 Å². The molecule has 1 atom stereocenters. The number of hydrogen-bond donors (Lipinski definition) is 1. The molecule has 0 saturated heterocycles. The molecule has 3 nitrogen and oxygen atoms in total. The summed E-state index contributed by atoms with van der Waals surface area (Å²) >= 11 is 0. The monoisotopic (exact) mass is 220 g/mol. The van der Waals surface area contributed by atoms with E-state index in [0.29, 0.717) is 6.04 Å². The zero-order valence-electron chi connectivity index (χ0n) is 10.3. The van der Waals surface area contributed by atoms with Crippen LogP contribution < -0.4 is 10.1 Å². The van der Waals surface area contributed by atoms with Crippen LogP contribution in [0.2, 0.25) is 0 Å². The maximum absolute atomic E-state index is 5.53. The molecule has 1 aromatic rings. The molecule has 0 spiro atoms. The second-order valence-electron chi connectivity index (χ2n) is 4.40. The van der Waals surface area contributed by atoms with Gasteiger partial charge in [-0.2, -0.15) is 0 Å². The quantitative estimate of drug-likeness (QED) is 0.840. The Morgan fingerprint density at radius 3 is 2.94 bits per heavy atom. The van der Waals surface area contributed by atoms with Crippen LogP contribution in [0.15, 0.2) is 18.2 Å². The first kappa shape index (κ1) is 11.4. The molecule has 1 aromatic carbocycles. The highest BCUT2D eigenvalue weighted by molar-refractivity contribution is 5.39. The largest absolute Gasteiger partial charge is 0.494 e. The first-order chi connectivity index (χ1) is 7.72. The first-order valence-electron chi connectivity index (χ1n) is 5.85. The third kappa shape index (κ3) is 2.20. The van der Waals surface area contributed by atoms with Crippen molar-refractivity contribution in [3.8, 4) is 5.75 Å². The maximum atomic E-state index is 5.53. The van der Waals surface area contributed by atoms with E-state index in [0.717, 1.165) is 25.4 Å². The zero-order chi connectivity index (χ0) is 11.5. The van der Waals surface area contributed by atoms with Gasteiger partial charge in [0, 0.05) is 19.1 Å². The van der Waals surface area contributed by atoms with Crippen molar-refractivity contribution in [1.29, 1.82) is 0 Å². The Kier molecular flexibility index (Phi) is 3.46. The molecule has 0 aliphatic carbocycles. The minimum atomic E-state index is 0.472. The summed E-state index contributed by atoms with van der Waals surface area (Å²) in [5.74, 6) is 0.974. The number of benzene rings is 1. The second kappa shape index (κ2) is 4.85. The van der Waals surface area contributed by atoms with Crippen molar-refractivity contribution in [2.45, 2.75) is 19.5 Å². The predicted octanol–water partition coefficient (Wildman–Crippen LogP) is 1.79. The Bertz CT molecular complexity index is 363. The number of nitrogens with zero attached hydrogens (tertiary/aromatic N) is 1. The molecule has 0 radical (unpaired) electrons. The van der Waals surface area contributed by atoms with E-state index in [1.165, 1.54) is 11.1 Å². The van der Waals surface area contributed by atoms with Gasteiger partial charge in [0.1, 0.15) is 5.75 Å². The van der Waals surface area contributed by atoms with E-state index in [4.69, 9.17) is 4.74 Å². The molecule has 0 bridgehead atoms. The lowest BCUT2D eigenvalue weighted by Gasteiger charge is -2.31. The smallest absolute Gasteiger partial charge is 0.119 e. The highest BCUT2D eigenvalue weighted by Crippen LogP contribution is 2.28. The minimum absolute atomic E-state index is 0.472. The molecule has 0 saturated carbocycles. The van der Waals surface area contributed by atoms with Gasteiger partial charge in [0.15, 0.2) is 0 Å². The number of hydrogen-bond acceptors (Lipinski definition) is 3. The van der Waals surface area contributed by atoms with E-state index in [1.54, 1.807) is 0 Å². The van der Waals surface area contributed by atoms with Crippen LogP contribution in [0.1, 0.15) is 24.1 Å². The van der Waals surface area contributed by atoms with Gasteiger partial charge >= 0.3 is 0 Å². The summed E-state index contributed by atoms with van der Waals surface area (Å²) in [4.78, 5) is 2.26. The zero-order valence-corrected chi connectivity index (χ0v) is 10.3. The molecule has 0 aromatic heterocycles. The average molecular weight is 220 g/mol. The maximum Gasteiger partial charge on any atom is 0.119 e. The highest BCUT2D eigenvalue weighted by Gasteiger charge is 2.21. The van der Waals surface area contributed by atoms with Crippen molar-refractivity contribution in [2.24, 2.45) is 0 Å². The van der Waals surface area contributed by atoms with Gasteiger partial charge in [-0.3, -0.25) is 0 Å². The molecule has 88 valence electrons. The third-order valence-corrected chi connectivity index (χ3v) is 3.06. The van der Waals surface area contributed by atoms with Gasteiger partial charge in [-0.25, -0.2) is 0 Å². The molecule has 1 aliphatic rings. The van der Waals surface area contributed by atoms with Crippen molar-refractivity contribution in [3.05, 3.63) is 29.3 Å². The highest BCUT2D eigenvalue weighted by atomic mass is 16.5. The summed E-state index contributed by atoms with van der Waals surface area (Å²) in [6, 6.07) is 6.90. The summed E-state index contributed by atoms with van der Waals surface area (Å²) < 4.78 is 5.53. The van der Waals surface area contributed by atoms with E-state index >= 15 is 0 Å². The lowest BCUT2D eigenvalue weighted by molar-refractivity contribution is 0.274. The molecular weight excluding hydrogens is 200 g/mol. The van der Waals surface area contributed by atoms with Gasteiger partial charge in [-0.05, 0) is 44.3 Å². The first-order valence-corrected chi connectivity index (χ1v) is 5.85. The Morgan fingerprint density at radius 1 is 1.44 bits per heavy atom. The van der Waals surface area contributed by atoms with Crippen molar-refractivity contribution in [2.75, 3.05) is 27.2 Å². The second-order valence-corrected chi connectivity index (χ2v) is 4.40. The molecule has 0 amide bonds. The fourth-order valence-electron chi connectivity index (χ4n) is 2.23. The van der Waals surface area contributed by atoms with Gasteiger partial charge in [0.25, 0.3) is 0 Å². The summed E-state index contributed by atoms with van der Waals surface area (Å²) in [5, 5.41) is 3.44. The van der Waals surface area contributed by atoms with Crippen molar-refractivity contribution in [3.63, 3.8) is 0 Å². The van der Waals surface area contributed by atoms with Crippen LogP contribution in [-0.4, -0.2) is 32.1 Å². The molecule has 1 heterocycles. The van der Waals surface area contributed by atoms with E-state index in [9.17, 15) is 0 Å². The lowest BCUT2D eigenvalue weighted by Crippen LogP contribution is -2.35. The van der Waals surface area contributed by atoms with Crippen LogP contribution >= 0.6 is 0 Å². The van der Waals surface area contributed by atoms with Crippen LogP contribution in [0.4, 0.5) is 0 Å². The van der Waals surface area contributed by atoms with Crippen LogP contribution in [0.3, 0.4) is 0 Å². The van der Waals surface area contributed by atoms with Crippen LogP contribution in [0, 0.1) is 0 Å². The van der Waals surface area contributed by atoms with Gasteiger partial charge < -0.3 is 15.0 Å². The molecule has 0 unspecified atom stereocenters. The van der Waals surface area contributed by atoms with Crippen LogP contribution in [0.5, 0.6) is 5.75 Å². The molecule has 0 fully saturated rings. The summed E-state index contributed by atoms with van der Waals surface area (Å²) in [7, 11) is 4.25. The van der Waals surface area contributed by atoms with E-state index < -0.39 is 0 Å². The predicted molar refractivity (Wildman–Crippen MR) is 65.7 cm³/mol. The molecular formula is C13H20N2O. The lowest BCUT2D eigenvalue weighted by atomic mass is 9.96. The van der Waals surface area contributed by atoms with Crippen LogP contribution in [-0.2, 0) is 6.54 Å². The molecule has 1 N–H and O–H groups in total. The Hall–Kier alpha value is -1.06. The number of nitrogens with one attached hydrogen (secondary N) is 1. The molecule has 2 rings (SSSR count). The fraction of sp³-hybridized carbons (Fsp3) is 0.538. The summed E-state index contributed by atoms with van der Waals surface area (Å²) in [5.41, 5.74) is 2.78. The summed E-state index contributed by atoms with van der Waals surface area (Å²) in [6.07, 6.45) is 0. The Labute approximate surface area is 97.4 Å².